The second kappa shape index (κ2) is 5.77. The molecule has 2 aromatic heterocycles. The number of rotatable bonds is 3. The first-order valence-electron chi connectivity index (χ1n) is 8.03. The van der Waals surface area contributed by atoms with Crippen LogP contribution >= 0.6 is 0 Å². The fourth-order valence-electron chi connectivity index (χ4n) is 3.17. The molecule has 0 aliphatic carbocycles. The topological polar surface area (TPSA) is 80.9 Å². The van der Waals surface area contributed by atoms with Gasteiger partial charge in [0.2, 0.25) is 0 Å². The van der Waals surface area contributed by atoms with Gasteiger partial charge in [0, 0.05) is 30.2 Å². The van der Waals surface area contributed by atoms with Crippen molar-refractivity contribution in [2.45, 2.75) is 26.2 Å². The Morgan fingerprint density at radius 2 is 2.20 bits per heavy atom. The minimum atomic E-state index is -1.09. The third kappa shape index (κ3) is 2.48. The zero-order chi connectivity index (χ0) is 17.6. The Balaban J connectivity index is 2.02. The van der Waals surface area contributed by atoms with E-state index in [9.17, 15) is 14.3 Å². The first kappa shape index (κ1) is 15.4. The zero-order valence-electron chi connectivity index (χ0n) is 13.5. The number of hydrogen-bond acceptors (Lipinski definition) is 4. The molecule has 25 heavy (non-hydrogen) atoms. The fourth-order valence-corrected chi connectivity index (χ4v) is 3.17. The second-order valence-corrected chi connectivity index (χ2v) is 5.96. The van der Waals surface area contributed by atoms with Crippen molar-refractivity contribution in [2.75, 3.05) is 0 Å². The van der Waals surface area contributed by atoms with Gasteiger partial charge in [-0.05, 0) is 24.6 Å². The number of carboxylic acids is 1. The molecule has 7 heteroatoms. The highest BCUT2D eigenvalue weighted by molar-refractivity contribution is 5.88. The van der Waals surface area contributed by atoms with Crippen LogP contribution in [0, 0.1) is 5.82 Å². The molecule has 3 heterocycles. The quantitative estimate of drug-likeness (QED) is 0.621. The average Bonchev–Trinajstić information content (AvgIpc) is 2.95. The van der Waals surface area contributed by atoms with Crippen molar-refractivity contribution in [1.29, 1.82) is 0 Å². The van der Waals surface area contributed by atoms with Crippen LogP contribution in [0.25, 0.3) is 16.9 Å². The van der Waals surface area contributed by atoms with Crippen LogP contribution in [0.15, 0.2) is 30.7 Å². The zero-order valence-corrected chi connectivity index (χ0v) is 13.5. The number of imidazole rings is 1. The number of carbonyl (C=O) groups is 1. The molecule has 0 saturated carbocycles. The number of aromatic nitrogens is 4. The van der Waals surface area contributed by atoms with Gasteiger partial charge >= 0.3 is 5.97 Å². The van der Waals surface area contributed by atoms with Crippen LogP contribution in [0.1, 0.15) is 40.9 Å². The second-order valence-electron chi connectivity index (χ2n) is 5.96. The van der Waals surface area contributed by atoms with E-state index in [4.69, 9.17) is 0 Å². The number of aryl methyl sites for hydroxylation is 1. The minimum Gasteiger partial charge on any atom is -0.476 e. The summed E-state index contributed by atoms with van der Waals surface area (Å²) < 4.78 is 15.6. The Morgan fingerprint density at radius 3 is 2.96 bits per heavy atom. The Labute approximate surface area is 143 Å². The van der Waals surface area contributed by atoms with Gasteiger partial charge in [0.1, 0.15) is 18.0 Å². The van der Waals surface area contributed by atoms with Gasteiger partial charge in [0.15, 0.2) is 5.69 Å². The summed E-state index contributed by atoms with van der Waals surface area (Å²) in [7, 11) is 0. The van der Waals surface area contributed by atoms with Crippen molar-refractivity contribution in [3.05, 3.63) is 59.3 Å². The number of aromatic carboxylic acids is 1. The molecule has 0 unspecified atom stereocenters. The SMILES string of the molecule is CCCc1ncc2c(n1)-c1cc(F)ccc1-n1cnc(C(=O)O)c1C2. The van der Waals surface area contributed by atoms with Gasteiger partial charge in [0.05, 0.1) is 17.1 Å². The van der Waals surface area contributed by atoms with Crippen molar-refractivity contribution in [3.8, 4) is 16.9 Å². The summed E-state index contributed by atoms with van der Waals surface area (Å²) in [6.07, 6.45) is 5.12. The van der Waals surface area contributed by atoms with Gasteiger partial charge in [-0.2, -0.15) is 0 Å². The maximum atomic E-state index is 13.9. The number of hydrogen-bond donors (Lipinski definition) is 1. The lowest BCUT2D eigenvalue weighted by Crippen LogP contribution is -2.06. The smallest absolute Gasteiger partial charge is 0.356 e. The lowest BCUT2D eigenvalue weighted by Gasteiger charge is -2.10. The Bertz CT molecular complexity index is 997. The first-order valence-corrected chi connectivity index (χ1v) is 8.03. The van der Waals surface area contributed by atoms with Crippen molar-refractivity contribution in [2.24, 2.45) is 0 Å². The highest BCUT2D eigenvalue weighted by Gasteiger charge is 2.26. The lowest BCUT2D eigenvalue weighted by atomic mass is 10.0. The van der Waals surface area contributed by atoms with Crippen molar-refractivity contribution in [3.63, 3.8) is 0 Å². The lowest BCUT2D eigenvalue weighted by molar-refractivity contribution is 0.0690. The third-order valence-electron chi connectivity index (χ3n) is 4.29. The van der Waals surface area contributed by atoms with Crippen molar-refractivity contribution >= 4 is 5.97 Å². The predicted molar refractivity (Wildman–Crippen MR) is 88.3 cm³/mol. The molecule has 1 aliphatic rings. The molecule has 3 aromatic rings. The molecule has 0 bridgehead atoms. The van der Waals surface area contributed by atoms with Crippen LogP contribution in [0.3, 0.4) is 0 Å². The van der Waals surface area contributed by atoms with Gasteiger partial charge < -0.3 is 9.67 Å². The molecule has 0 fully saturated rings. The van der Waals surface area contributed by atoms with Crippen LogP contribution in [-0.4, -0.2) is 30.6 Å². The van der Waals surface area contributed by atoms with E-state index < -0.39 is 5.97 Å². The Hall–Kier alpha value is -3.09. The molecular weight excluding hydrogens is 323 g/mol. The van der Waals surface area contributed by atoms with Crippen LogP contribution in [0.2, 0.25) is 0 Å². The Kier molecular flexibility index (Phi) is 3.56. The highest BCUT2D eigenvalue weighted by Crippen LogP contribution is 2.35. The standard InChI is InChI=1S/C18H15FN4O2/c1-2-3-15-20-8-10-6-14-17(18(24)25)21-9-23(14)13-5-4-11(19)7-12(13)16(10)22-15/h4-5,7-9H,2-3,6H2,1H3,(H,24,25). The summed E-state index contributed by atoms with van der Waals surface area (Å²) >= 11 is 0. The minimum absolute atomic E-state index is 0.0132. The average molecular weight is 338 g/mol. The van der Waals surface area contributed by atoms with Gasteiger partial charge in [-0.1, -0.05) is 6.92 Å². The number of halogens is 1. The largest absolute Gasteiger partial charge is 0.476 e. The molecule has 6 nitrogen and oxygen atoms in total. The fraction of sp³-hybridized carbons (Fsp3) is 0.222. The van der Waals surface area contributed by atoms with Gasteiger partial charge in [0.25, 0.3) is 0 Å². The third-order valence-corrected chi connectivity index (χ3v) is 4.29. The molecule has 1 aromatic carbocycles. The molecule has 0 atom stereocenters. The normalized spacial score (nSPS) is 12.1. The van der Waals surface area contributed by atoms with E-state index in [1.165, 1.54) is 18.5 Å². The number of nitrogens with zero attached hydrogens (tertiary/aromatic N) is 4. The maximum Gasteiger partial charge on any atom is 0.356 e. The molecule has 4 rings (SSSR count). The Morgan fingerprint density at radius 1 is 1.36 bits per heavy atom. The summed E-state index contributed by atoms with van der Waals surface area (Å²) in [6.45, 7) is 2.04. The molecule has 0 amide bonds. The van der Waals surface area contributed by atoms with E-state index in [0.29, 0.717) is 34.9 Å². The molecular formula is C18H15FN4O2. The van der Waals surface area contributed by atoms with Gasteiger partial charge in [-0.25, -0.2) is 24.1 Å². The first-order chi connectivity index (χ1) is 12.1. The van der Waals surface area contributed by atoms with Crippen LogP contribution < -0.4 is 0 Å². The van der Waals surface area contributed by atoms with Gasteiger partial charge in [-0.3, -0.25) is 0 Å². The number of fused-ring (bicyclic) bond motifs is 5. The molecule has 126 valence electrons. The summed E-state index contributed by atoms with van der Waals surface area (Å²) in [5, 5.41) is 9.41. The predicted octanol–water partition coefficient (Wildman–Crippen LogP) is 3.02. The summed E-state index contributed by atoms with van der Waals surface area (Å²) in [5.41, 5.74) is 3.20. The molecule has 1 N–H and O–H groups in total. The van der Waals surface area contributed by atoms with Crippen LogP contribution in [0.4, 0.5) is 4.39 Å². The molecule has 1 aliphatic heterocycles. The van der Waals surface area contributed by atoms with E-state index in [1.54, 1.807) is 16.8 Å². The molecule has 0 saturated heterocycles. The van der Waals surface area contributed by atoms with Crippen LogP contribution in [0.5, 0.6) is 0 Å². The number of carboxylic acid groups (broad SMARTS) is 1. The monoisotopic (exact) mass is 338 g/mol. The maximum absolute atomic E-state index is 13.9. The molecule has 0 radical (unpaired) electrons. The van der Waals surface area contributed by atoms with Crippen molar-refractivity contribution in [1.82, 2.24) is 19.5 Å². The highest BCUT2D eigenvalue weighted by atomic mass is 19.1. The van der Waals surface area contributed by atoms with E-state index in [-0.39, 0.29) is 11.5 Å². The van der Waals surface area contributed by atoms with E-state index >= 15 is 0 Å². The number of benzene rings is 1. The van der Waals surface area contributed by atoms with E-state index in [2.05, 4.69) is 15.0 Å². The summed E-state index contributed by atoms with van der Waals surface area (Å²) in [4.78, 5) is 24.5. The molecule has 0 spiro atoms. The van der Waals surface area contributed by atoms with Gasteiger partial charge in [-0.15, -0.1) is 0 Å². The van der Waals surface area contributed by atoms with Crippen molar-refractivity contribution < 1.29 is 14.3 Å². The van der Waals surface area contributed by atoms with E-state index in [1.807, 2.05) is 6.92 Å². The summed E-state index contributed by atoms with van der Waals surface area (Å²) in [5.74, 6) is -0.772. The van der Waals surface area contributed by atoms with E-state index in [0.717, 1.165) is 18.4 Å². The van der Waals surface area contributed by atoms with Crippen LogP contribution in [-0.2, 0) is 12.8 Å². The summed E-state index contributed by atoms with van der Waals surface area (Å²) in [6, 6.07) is 4.40.